The van der Waals surface area contributed by atoms with Gasteiger partial charge in [-0.05, 0) is 44.6 Å². The van der Waals surface area contributed by atoms with Crippen LogP contribution >= 0.6 is 0 Å². The molecule has 0 spiro atoms. The Labute approximate surface area is 115 Å². The summed E-state index contributed by atoms with van der Waals surface area (Å²) in [6.45, 7) is 4.03. The van der Waals surface area contributed by atoms with Gasteiger partial charge in [0.2, 0.25) is 0 Å². The number of ether oxygens (including phenoxy) is 1. The van der Waals surface area contributed by atoms with Crippen molar-refractivity contribution < 1.29 is 4.74 Å². The average Bonchev–Trinajstić information content (AvgIpc) is 2.81. The summed E-state index contributed by atoms with van der Waals surface area (Å²) in [5.41, 5.74) is 2.51. The summed E-state index contributed by atoms with van der Waals surface area (Å²) >= 11 is 0. The third-order valence-corrected chi connectivity index (χ3v) is 3.33. The van der Waals surface area contributed by atoms with Gasteiger partial charge in [0.15, 0.2) is 0 Å². The van der Waals surface area contributed by atoms with Crippen LogP contribution in [0.3, 0.4) is 0 Å². The zero-order valence-electron chi connectivity index (χ0n) is 12.2. The molecule has 0 unspecified atom stereocenters. The third kappa shape index (κ3) is 3.51. The van der Waals surface area contributed by atoms with E-state index in [2.05, 4.69) is 55.3 Å². The number of H-pyrrole nitrogens is 1. The number of nitrogens with one attached hydrogen (secondary N) is 1. The Bertz CT molecular complexity index is 516. The van der Waals surface area contributed by atoms with Gasteiger partial charge in [-0.1, -0.05) is 19.4 Å². The van der Waals surface area contributed by atoms with Crippen molar-refractivity contribution in [3.63, 3.8) is 0 Å². The number of fused-ring (bicyclic) bond motifs is 1. The highest BCUT2D eigenvalue weighted by Crippen LogP contribution is 2.29. The molecule has 0 aliphatic carbocycles. The standard InChI is InChI=1S/C16H24N2O/c1-4-5-11-19-15-8-6-7-14-16(15)13(12-17-14)9-10-18(2)3/h6-8,12,17H,4-5,9-11H2,1-3H3. The minimum atomic E-state index is 0.800. The average molecular weight is 260 g/mol. The van der Waals surface area contributed by atoms with Crippen molar-refractivity contribution >= 4 is 10.9 Å². The first-order chi connectivity index (χ1) is 9.22. The number of hydrogen-bond donors (Lipinski definition) is 1. The predicted octanol–water partition coefficient (Wildman–Crippen LogP) is 3.45. The lowest BCUT2D eigenvalue weighted by Gasteiger charge is -2.11. The van der Waals surface area contributed by atoms with Gasteiger partial charge >= 0.3 is 0 Å². The third-order valence-electron chi connectivity index (χ3n) is 3.33. The van der Waals surface area contributed by atoms with Crippen LogP contribution in [-0.4, -0.2) is 37.1 Å². The zero-order chi connectivity index (χ0) is 13.7. The fourth-order valence-electron chi connectivity index (χ4n) is 2.21. The van der Waals surface area contributed by atoms with Gasteiger partial charge in [-0.25, -0.2) is 0 Å². The monoisotopic (exact) mass is 260 g/mol. The summed E-state index contributed by atoms with van der Waals surface area (Å²) in [4.78, 5) is 5.55. The highest BCUT2D eigenvalue weighted by atomic mass is 16.5. The highest BCUT2D eigenvalue weighted by molar-refractivity contribution is 5.89. The maximum Gasteiger partial charge on any atom is 0.128 e. The van der Waals surface area contributed by atoms with Gasteiger partial charge < -0.3 is 14.6 Å². The molecular weight excluding hydrogens is 236 g/mol. The summed E-state index contributed by atoms with van der Waals surface area (Å²) in [6, 6.07) is 6.24. The summed E-state index contributed by atoms with van der Waals surface area (Å²) in [5, 5.41) is 1.25. The van der Waals surface area contributed by atoms with E-state index in [1.165, 1.54) is 16.5 Å². The molecule has 2 rings (SSSR count). The molecule has 1 heterocycles. The molecule has 3 heteroatoms. The van der Waals surface area contributed by atoms with E-state index < -0.39 is 0 Å². The van der Waals surface area contributed by atoms with Crippen LogP contribution in [0.15, 0.2) is 24.4 Å². The smallest absolute Gasteiger partial charge is 0.128 e. The molecule has 0 fully saturated rings. The fourth-order valence-corrected chi connectivity index (χ4v) is 2.21. The lowest BCUT2D eigenvalue weighted by atomic mass is 10.1. The van der Waals surface area contributed by atoms with Gasteiger partial charge in [-0.2, -0.15) is 0 Å². The summed E-state index contributed by atoms with van der Waals surface area (Å²) in [7, 11) is 4.21. The minimum Gasteiger partial charge on any atom is -0.493 e. The summed E-state index contributed by atoms with van der Waals surface area (Å²) in [6.07, 6.45) is 5.42. The van der Waals surface area contributed by atoms with Gasteiger partial charge in [-0.3, -0.25) is 0 Å². The van der Waals surface area contributed by atoms with Crippen LogP contribution in [0.1, 0.15) is 25.3 Å². The molecule has 2 aromatic rings. The molecule has 0 saturated heterocycles. The maximum atomic E-state index is 5.93. The van der Waals surface area contributed by atoms with Crippen molar-refractivity contribution in [2.45, 2.75) is 26.2 Å². The zero-order valence-corrected chi connectivity index (χ0v) is 12.2. The Morgan fingerprint density at radius 1 is 1.26 bits per heavy atom. The normalized spacial score (nSPS) is 11.4. The highest BCUT2D eigenvalue weighted by Gasteiger charge is 2.09. The largest absolute Gasteiger partial charge is 0.493 e. The second-order valence-electron chi connectivity index (χ2n) is 5.25. The number of benzene rings is 1. The SMILES string of the molecule is CCCCOc1cccc2[nH]cc(CCN(C)C)c12. The van der Waals surface area contributed by atoms with E-state index in [0.717, 1.165) is 38.2 Å². The Balaban J connectivity index is 2.22. The van der Waals surface area contributed by atoms with E-state index in [0.29, 0.717) is 0 Å². The first kappa shape index (κ1) is 13.9. The van der Waals surface area contributed by atoms with Gasteiger partial charge in [0.25, 0.3) is 0 Å². The van der Waals surface area contributed by atoms with E-state index in [1.807, 2.05) is 0 Å². The van der Waals surface area contributed by atoms with E-state index in [1.54, 1.807) is 0 Å². The molecule has 0 atom stereocenters. The minimum absolute atomic E-state index is 0.800. The lowest BCUT2D eigenvalue weighted by molar-refractivity contribution is 0.313. The first-order valence-electron chi connectivity index (χ1n) is 7.09. The number of likely N-dealkylation sites (N-methyl/N-ethyl adjacent to an activating group) is 1. The number of hydrogen-bond acceptors (Lipinski definition) is 2. The molecular formula is C16H24N2O. The van der Waals surface area contributed by atoms with Crippen LogP contribution in [0, 0.1) is 0 Å². The predicted molar refractivity (Wildman–Crippen MR) is 81.0 cm³/mol. The van der Waals surface area contributed by atoms with Crippen molar-refractivity contribution in [2.75, 3.05) is 27.2 Å². The molecule has 0 radical (unpaired) electrons. The molecule has 1 N–H and O–H groups in total. The van der Waals surface area contributed by atoms with Gasteiger partial charge in [0, 0.05) is 23.6 Å². The van der Waals surface area contributed by atoms with Crippen LogP contribution in [-0.2, 0) is 6.42 Å². The van der Waals surface area contributed by atoms with Crippen LogP contribution in [0.4, 0.5) is 0 Å². The second-order valence-corrected chi connectivity index (χ2v) is 5.25. The molecule has 0 amide bonds. The summed E-state index contributed by atoms with van der Waals surface area (Å²) < 4.78 is 5.93. The first-order valence-corrected chi connectivity index (χ1v) is 7.09. The molecule has 3 nitrogen and oxygen atoms in total. The second kappa shape index (κ2) is 6.62. The van der Waals surface area contributed by atoms with Crippen molar-refractivity contribution in [3.8, 4) is 5.75 Å². The number of aromatic amines is 1. The number of aromatic nitrogens is 1. The van der Waals surface area contributed by atoms with Gasteiger partial charge in [0.05, 0.1) is 6.61 Å². The molecule has 0 aliphatic heterocycles. The van der Waals surface area contributed by atoms with E-state index >= 15 is 0 Å². The maximum absolute atomic E-state index is 5.93. The summed E-state index contributed by atoms with van der Waals surface area (Å²) in [5.74, 6) is 1.01. The van der Waals surface area contributed by atoms with E-state index in [4.69, 9.17) is 4.74 Å². The van der Waals surface area contributed by atoms with E-state index in [9.17, 15) is 0 Å². The van der Waals surface area contributed by atoms with Crippen LogP contribution in [0.25, 0.3) is 10.9 Å². The molecule has 1 aromatic carbocycles. The Kier molecular flexibility index (Phi) is 4.86. The van der Waals surface area contributed by atoms with Crippen molar-refractivity contribution in [3.05, 3.63) is 30.0 Å². The Morgan fingerprint density at radius 2 is 2.11 bits per heavy atom. The number of nitrogens with zero attached hydrogens (tertiary/aromatic N) is 1. The number of unbranched alkanes of at least 4 members (excludes halogenated alkanes) is 1. The number of rotatable bonds is 7. The Morgan fingerprint density at radius 3 is 2.84 bits per heavy atom. The lowest BCUT2D eigenvalue weighted by Crippen LogP contribution is -2.14. The van der Waals surface area contributed by atoms with Gasteiger partial charge in [-0.15, -0.1) is 0 Å². The molecule has 0 saturated carbocycles. The van der Waals surface area contributed by atoms with Crippen LogP contribution in [0.5, 0.6) is 5.75 Å². The molecule has 104 valence electrons. The van der Waals surface area contributed by atoms with Crippen molar-refractivity contribution in [1.82, 2.24) is 9.88 Å². The quantitative estimate of drug-likeness (QED) is 0.772. The van der Waals surface area contributed by atoms with Crippen molar-refractivity contribution in [2.24, 2.45) is 0 Å². The van der Waals surface area contributed by atoms with Gasteiger partial charge in [0.1, 0.15) is 5.75 Å². The Hall–Kier alpha value is -1.48. The molecule has 1 aromatic heterocycles. The molecule has 19 heavy (non-hydrogen) atoms. The molecule has 0 aliphatic rings. The topological polar surface area (TPSA) is 28.3 Å². The fraction of sp³-hybridized carbons (Fsp3) is 0.500. The van der Waals surface area contributed by atoms with Crippen LogP contribution in [0.2, 0.25) is 0 Å². The van der Waals surface area contributed by atoms with Crippen molar-refractivity contribution in [1.29, 1.82) is 0 Å². The molecule has 0 bridgehead atoms. The van der Waals surface area contributed by atoms with E-state index in [-0.39, 0.29) is 0 Å². The van der Waals surface area contributed by atoms with Crippen LogP contribution < -0.4 is 4.74 Å².